The van der Waals surface area contributed by atoms with Gasteiger partial charge in [0.05, 0.1) is 0 Å². The molecule has 0 unspecified atom stereocenters. The van der Waals surface area contributed by atoms with Crippen LogP contribution in [0.4, 0.5) is 0 Å². The number of hydrogen-bond acceptors (Lipinski definition) is 1. The summed E-state index contributed by atoms with van der Waals surface area (Å²) in [5, 5.41) is 13.2. The Hall–Kier alpha value is -3.06. The highest BCUT2D eigenvalue weighted by molar-refractivity contribution is 6.08. The summed E-state index contributed by atoms with van der Waals surface area (Å²) in [6.45, 7) is 2.00. The molecule has 1 N–H and O–H groups in total. The van der Waals surface area contributed by atoms with Gasteiger partial charge in [-0.3, -0.25) is 0 Å². The Kier molecular flexibility index (Phi) is 3.55. The van der Waals surface area contributed by atoms with E-state index in [0.29, 0.717) is 5.75 Å². The first-order valence-electron chi connectivity index (χ1n) is 8.12. The third-order valence-corrected chi connectivity index (χ3v) is 4.56. The second kappa shape index (κ2) is 5.86. The molecule has 0 saturated carbocycles. The van der Waals surface area contributed by atoms with Crippen molar-refractivity contribution in [2.24, 2.45) is 0 Å². The fraction of sp³-hybridized carbons (Fsp3) is 0.0435. The second-order valence-electron chi connectivity index (χ2n) is 6.00. The largest absolute Gasteiger partial charge is 0.507 e. The lowest BCUT2D eigenvalue weighted by molar-refractivity contribution is 0.474. The van der Waals surface area contributed by atoms with Crippen LogP contribution in [0.5, 0.6) is 5.75 Å². The first-order valence-corrected chi connectivity index (χ1v) is 8.12. The van der Waals surface area contributed by atoms with Crippen molar-refractivity contribution in [3.05, 3.63) is 90.5 Å². The van der Waals surface area contributed by atoms with Gasteiger partial charge in [-0.1, -0.05) is 84.9 Å². The first-order chi connectivity index (χ1) is 11.8. The molecular formula is C23H18O. The number of benzene rings is 4. The van der Waals surface area contributed by atoms with E-state index in [0.717, 1.165) is 38.6 Å². The summed E-state index contributed by atoms with van der Waals surface area (Å²) in [5.74, 6) is 0.360. The molecule has 4 aromatic carbocycles. The predicted octanol–water partition coefficient (Wildman–Crippen LogP) is 6.19. The Labute approximate surface area is 141 Å². The van der Waals surface area contributed by atoms with Crippen molar-refractivity contribution in [1.29, 1.82) is 0 Å². The highest BCUT2D eigenvalue weighted by Crippen LogP contribution is 2.44. The van der Waals surface area contributed by atoms with Crippen LogP contribution in [0.1, 0.15) is 5.56 Å². The summed E-state index contributed by atoms with van der Waals surface area (Å²) in [4.78, 5) is 0. The second-order valence-corrected chi connectivity index (χ2v) is 6.00. The Bertz CT molecular complexity index is 918. The van der Waals surface area contributed by atoms with E-state index in [1.165, 1.54) is 0 Å². The molecule has 1 heteroatoms. The number of fused-ring (bicyclic) bond motifs is 1. The zero-order valence-electron chi connectivity index (χ0n) is 13.5. The fourth-order valence-corrected chi connectivity index (χ4v) is 3.43. The van der Waals surface area contributed by atoms with Gasteiger partial charge in [-0.2, -0.15) is 0 Å². The molecule has 0 aliphatic heterocycles. The van der Waals surface area contributed by atoms with Crippen LogP contribution < -0.4 is 0 Å². The van der Waals surface area contributed by atoms with Gasteiger partial charge < -0.3 is 5.11 Å². The van der Waals surface area contributed by atoms with Gasteiger partial charge in [0.25, 0.3) is 0 Å². The van der Waals surface area contributed by atoms with Crippen molar-refractivity contribution < 1.29 is 5.11 Å². The minimum absolute atomic E-state index is 0.360. The van der Waals surface area contributed by atoms with Crippen molar-refractivity contribution in [1.82, 2.24) is 0 Å². The van der Waals surface area contributed by atoms with Crippen LogP contribution in [0.15, 0.2) is 84.9 Å². The summed E-state index contributed by atoms with van der Waals surface area (Å²) in [6, 6.07) is 28.7. The van der Waals surface area contributed by atoms with Gasteiger partial charge in [0.1, 0.15) is 5.75 Å². The molecule has 0 atom stereocenters. The van der Waals surface area contributed by atoms with Crippen LogP contribution in [0.25, 0.3) is 33.0 Å². The van der Waals surface area contributed by atoms with E-state index in [1.807, 2.05) is 61.5 Å². The number of rotatable bonds is 2. The van der Waals surface area contributed by atoms with Crippen molar-refractivity contribution >= 4 is 10.8 Å². The smallest absolute Gasteiger partial charge is 0.127 e. The molecule has 0 fully saturated rings. The van der Waals surface area contributed by atoms with E-state index in [1.54, 1.807) is 0 Å². The van der Waals surface area contributed by atoms with Crippen LogP contribution in [0.2, 0.25) is 0 Å². The maximum absolute atomic E-state index is 11.0. The van der Waals surface area contributed by atoms with Gasteiger partial charge in [-0.05, 0) is 39.9 Å². The average Bonchev–Trinajstić information content (AvgIpc) is 2.64. The van der Waals surface area contributed by atoms with Gasteiger partial charge in [-0.25, -0.2) is 0 Å². The van der Waals surface area contributed by atoms with Crippen LogP contribution in [0, 0.1) is 6.92 Å². The standard InChI is InChI=1S/C23H18O/c1-16-21(17-10-4-2-5-11-17)19-14-8-9-15-20(19)22(23(16)24)18-12-6-3-7-13-18/h2-15,24H,1H3. The normalized spacial score (nSPS) is 10.9. The van der Waals surface area contributed by atoms with Gasteiger partial charge in [-0.15, -0.1) is 0 Å². The molecule has 0 heterocycles. The highest BCUT2D eigenvalue weighted by atomic mass is 16.3. The quantitative estimate of drug-likeness (QED) is 0.468. The molecule has 4 aromatic rings. The molecule has 116 valence electrons. The number of aromatic hydroxyl groups is 1. The van der Waals surface area contributed by atoms with Crippen LogP contribution >= 0.6 is 0 Å². The Morgan fingerprint density at radius 3 is 1.50 bits per heavy atom. The third kappa shape index (κ3) is 2.26. The van der Waals surface area contributed by atoms with Crippen LogP contribution in [-0.4, -0.2) is 5.11 Å². The fourth-order valence-electron chi connectivity index (χ4n) is 3.43. The van der Waals surface area contributed by atoms with Crippen molar-refractivity contribution in [2.45, 2.75) is 6.92 Å². The minimum atomic E-state index is 0.360. The van der Waals surface area contributed by atoms with E-state index in [4.69, 9.17) is 0 Å². The van der Waals surface area contributed by atoms with Gasteiger partial charge in [0.2, 0.25) is 0 Å². The van der Waals surface area contributed by atoms with E-state index in [9.17, 15) is 5.11 Å². The van der Waals surface area contributed by atoms with E-state index < -0.39 is 0 Å². The van der Waals surface area contributed by atoms with E-state index in [2.05, 4.69) is 30.3 Å². The Morgan fingerprint density at radius 1 is 0.542 bits per heavy atom. The predicted molar refractivity (Wildman–Crippen MR) is 101 cm³/mol. The monoisotopic (exact) mass is 310 g/mol. The van der Waals surface area contributed by atoms with Crippen LogP contribution in [-0.2, 0) is 0 Å². The summed E-state index contributed by atoms with van der Waals surface area (Å²) in [5.41, 5.74) is 5.08. The minimum Gasteiger partial charge on any atom is -0.507 e. The zero-order valence-corrected chi connectivity index (χ0v) is 13.5. The molecule has 24 heavy (non-hydrogen) atoms. The van der Waals surface area contributed by atoms with Crippen molar-refractivity contribution in [3.63, 3.8) is 0 Å². The lowest BCUT2D eigenvalue weighted by Crippen LogP contribution is -1.92. The average molecular weight is 310 g/mol. The lowest BCUT2D eigenvalue weighted by Gasteiger charge is -2.18. The van der Waals surface area contributed by atoms with E-state index >= 15 is 0 Å². The number of phenolic OH excluding ortho intramolecular Hbond substituents is 1. The topological polar surface area (TPSA) is 20.2 Å². The van der Waals surface area contributed by atoms with Gasteiger partial charge in [0, 0.05) is 5.56 Å². The molecule has 0 radical (unpaired) electrons. The SMILES string of the molecule is Cc1c(O)c(-c2ccccc2)c2ccccc2c1-c1ccccc1. The highest BCUT2D eigenvalue weighted by Gasteiger charge is 2.18. The molecule has 1 nitrogen and oxygen atoms in total. The molecule has 0 aliphatic carbocycles. The number of phenols is 1. The molecule has 0 saturated heterocycles. The molecule has 4 rings (SSSR count). The summed E-state index contributed by atoms with van der Waals surface area (Å²) >= 11 is 0. The zero-order chi connectivity index (χ0) is 16.5. The molecule has 0 amide bonds. The maximum atomic E-state index is 11.0. The molecule has 0 aromatic heterocycles. The third-order valence-electron chi connectivity index (χ3n) is 4.56. The summed E-state index contributed by atoms with van der Waals surface area (Å²) in [6.07, 6.45) is 0. The van der Waals surface area contributed by atoms with E-state index in [-0.39, 0.29) is 0 Å². The maximum Gasteiger partial charge on any atom is 0.127 e. The van der Waals surface area contributed by atoms with Crippen molar-refractivity contribution in [3.8, 4) is 28.0 Å². The van der Waals surface area contributed by atoms with Crippen LogP contribution in [0.3, 0.4) is 0 Å². The molecule has 0 aliphatic rings. The lowest BCUT2D eigenvalue weighted by atomic mass is 9.87. The summed E-state index contributed by atoms with van der Waals surface area (Å²) < 4.78 is 0. The molecular weight excluding hydrogens is 292 g/mol. The van der Waals surface area contributed by atoms with Gasteiger partial charge >= 0.3 is 0 Å². The Morgan fingerprint density at radius 2 is 0.958 bits per heavy atom. The first kappa shape index (κ1) is 14.5. The Balaban J connectivity index is 2.14. The molecule has 0 bridgehead atoms. The van der Waals surface area contributed by atoms with Gasteiger partial charge in [0.15, 0.2) is 0 Å². The number of hydrogen-bond donors (Lipinski definition) is 1. The molecule has 0 spiro atoms. The van der Waals surface area contributed by atoms with Crippen molar-refractivity contribution in [2.75, 3.05) is 0 Å². The summed E-state index contributed by atoms with van der Waals surface area (Å²) in [7, 11) is 0.